The van der Waals surface area contributed by atoms with Crippen LogP contribution in [0.5, 0.6) is 0 Å². The van der Waals surface area contributed by atoms with Gasteiger partial charge < -0.3 is 21.2 Å². The van der Waals surface area contributed by atoms with Crippen molar-refractivity contribution in [3.8, 4) is 0 Å². The molecule has 0 spiro atoms. The third-order valence-electron chi connectivity index (χ3n) is 3.74. The molecule has 9 heteroatoms. The number of primary amides is 1. The van der Waals surface area contributed by atoms with E-state index in [0.717, 1.165) is 12.1 Å². The first-order valence-corrected chi connectivity index (χ1v) is 7.56. The van der Waals surface area contributed by atoms with E-state index in [1.165, 1.54) is 25.3 Å². The number of ketones is 1. The van der Waals surface area contributed by atoms with Gasteiger partial charge in [-0.15, -0.1) is 0 Å². The van der Waals surface area contributed by atoms with Crippen molar-refractivity contribution in [3.05, 3.63) is 59.6 Å². The second kappa shape index (κ2) is 7.44. The van der Waals surface area contributed by atoms with Crippen molar-refractivity contribution < 1.29 is 27.6 Å². The Morgan fingerprint density at radius 2 is 1.85 bits per heavy atom. The normalized spacial score (nSPS) is 14.3. The van der Waals surface area contributed by atoms with E-state index >= 15 is 0 Å². The molecule has 7 nitrogen and oxygen atoms in total. The topological polar surface area (TPSA) is 128 Å². The first kappa shape index (κ1) is 19.3. The van der Waals surface area contributed by atoms with Crippen LogP contribution in [-0.4, -0.2) is 23.6 Å². The van der Waals surface area contributed by atoms with E-state index in [9.17, 15) is 23.2 Å². The minimum Gasteiger partial charge on any atom is -0.466 e. The van der Waals surface area contributed by atoms with Crippen LogP contribution < -0.4 is 16.8 Å². The van der Waals surface area contributed by atoms with E-state index in [4.69, 9.17) is 15.9 Å². The molecule has 138 valence electrons. The Morgan fingerprint density at radius 3 is 2.35 bits per heavy atom. The van der Waals surface area contributed by atoms with Crippen LogP contribution in [0.3, 0.4) is 0 Å². The van der Waals surface area contributed by atoms with Gasteiger partial charge in [0.2, 0.25) is 11.4 Å². The first-order chi connectivity index (χ1) is 12.1. The Balaban J connectivity index is 2.12. The lowest BCUT2D eigenvalue weighted by Crippen LogP contribution is -2.60. The fourth-order valence-corrected chi connectivity index (χ4v) is 2.47. The monoisotopic (exact) mass is 365 g/mol. The molecule has 0 saturated heterocycles. The number of benzene rings is 1. The lowest BCUT2D eigenvalue weighted by molar-refractivity contribution is -0.138. The van der Waals surface area contributed by atoms with Crippen LogP contribution in [-0.2, 0) is 26.3 Å². The standard InChI is InChI=1S/C17H17F2N3O4/c1-9(15(24)17(21,16(20)25)13-3-2-4-26-13)22-14(23)7-10-5-11(18)8-12(19)6-10/h2-6,8-9H,7,21H2,1H3,(H2,20,25)(H,22,23)/t9-,17-/m0/s1. The van der Waals surface area contributed by atoms with Crippen LogP contribution in [0.1, 0.15) is 18.2 Å². The third kappa shape index (κ3) is 3.94. The zero-order valence-electron chi connectivity index (χ0n) is 13.8. The van der Waals surface area contributed by atoms with Gasteiger partial charge in [0.25, 0.3) is 5.91 Å². The van der Waals surface area contributed by atoms with Gasteiger partial charge in [-0.25, -0.2) is 8.78 Å². The Labute approximate surface area is 147 Å². The Morgan fingerprint density at radius 1 is 1.23 bits per heavy atom. The van der Waals surface area contributed by atoms with Gasteiger partial charge in [0.1, 0.15) is 17.4 Å². The third-order valence-corrected chi connectivity index (χ3v) is 3.74. The second-order valence-corrected chi connectivity index (χ2v) is 5.76. The van der Waals surface area contributed by atoms with Crippen LogP contribution in [0, 0.1) is 11.6 Å². The number of carbonyl (C=O) groups is 3. The molecule has 0 radical (unpaired) electrons. The van der Waals surface area contributed by atoms with Crippen LogP contribution in [0.2, 0.25) is 0 Å². The molecule has 1 heterocycles. The van der Waals surface area contributed by atoms with Gasteiger partial charge in [0.15, 0.2) is 5.78 Å². The van der Waals surface area contributed by atoms with Crippen LogP contribution in [0.4, 0.5) is 8.78 Å². The molecular weight excluding hydrogens is 348 g/mol. The molecule has 26 heavy (non-hydrogen) atoms. The van der Waals surface area contributed by atoms with E-state index < -0.39 is 40.8 Å². The number of rotatable bonds is 7. The Kier molecular flexibility index (Phi) is 5.51. The van der Waals surface area contributed by atoms with Gasteiger partial charge in [-0.05, 0) is 36.8 Å². The summed E-state index contributed by atoms with van der Waals surface area (Å²) in [6, 6.07) is 4.20. The number of Topliss-reactive ketones (excluding diaryl/α,β-unsaturated/α-hetero) is 1. The summed E-state index contributed by atoms with van der Waals surface area (Å²) in [4.78, 5) is 36.4. The van der Waals surface area contributed by atoms with E-state index in [0.29, 0.717) is 6.07 Å². The zero-order valence-corrected chi connectivity index (χ0v) is 13.8. The van der Waals surface area contributed by atoms with E-state index in [2.05, 4.69) is 5.32 Å². The molecule has 1 aromatic heterocycles. The second-order valence-electron chi connectivity index (χ2n) is 5.76. The summed E-state index contributed by atoms with van der Waals surface area (Å²) < 4.78 is 31.3. The fourth-order valence-electron chi connectivity index (χ4n) is 2.47. The molecule has 2 atom stereocenters. The lowest BCUT2D eigenvalue weighted by Gasteiger charge is -2.25. The van der Waals surface area contributed by atoms with E-state index in [-0.39, 0.29) is 17.7 Å². The summed E-state index contributed by atoms with van der Waals surface area (Å²) in [6.07, 6.45) is 0.843. The number of halogens is 2. The summed E-state index contributed by atoms with van der Waals surface area (Å²) in [5.41, 5.74) is 8.92. The average molecular weight is 365 g/mol. The first-order valence-electron chi connectivity index (χ1n) is 7.56. The molecule has 0 aliphatic rings. The van der Waals surface area contributed by atoms with Crippen LogP contribution in [0.15, 0.2) is 41.0 Å². The van der Waals surface area contributed by atoms with Crippen molar-refractivity contribution >= 4 is 17.6 Å². The van der Waals surface area contributed by atoms with E-state index in [1.54, 1.807) is 0 Å². The number of nitrogens with two attached hydrogens (primary N) is 2. The maximum absolute atomic E-state index is 13.2. The fraction of sp³-hybridized carbons (Fsp3) is 0.235. The smallest absolute Gasteiger partial charge is 0.253 e. The molecule has 5 N–H and O–H groups in total. The zero-order chi connectivity index (χ0) is 19.5. The largest absolute Gasteiger partial charge is 0.466 e. The van der Waals surface area contributed by atoms with Gasteiger partial charge in [0.05, 0.1) is 18.7 Å². The highest BCUT2D eigenvalue weighted by Crippen LogP contribution is 2.21. The number of carbonyl (C=O) groups excluding carboxylic acids is 3. The van der Waals surface area contributed by atoms with Crippen molar-refractivity contribution in [2.75, 3.05) is 0 Å². The van der Waals surface area contributed by atoms with Crippen molar-refractivity contribution in [2.45, 2.75) is 24.9 Å². The van der Waals surface area contributed by atoms with Gasteiger partial charge in [0, 0.05) is 6.07 Å². The quantitative estimate of drug-likeness (QED) is 0.616. The molecular formula is C17H17F2N3O4. The van der Waals surface area contributed by atoms with Gasteiger partial charge in [-0.1, -0.05) is 0 Å². The van der Waals surface area contributed by atoms with Gasteiger partial charge in [-0.3, -0.25) is 14.4 Å². The van der Waals surface area contributed by atoms with Crippen molar-refractivity contribution in [1.82, 2.24) is 5.32 Å². The molecule has 2 amide bonds. The minimum absolute atomic E-state index is 0.0830. The lowest BCUT2D eigenvalue weighted by atomic mass is 9.87. The number of hydrogen-bond donors (Lipinski definition) is 3. The highest BCUT2D eigenvalue weighted by Gasteiger charge is 2.47. The Bertz CT molecular complexity index is 818. The molecule has 2 rings (SSSR count). The summed E-state index contributed by atoms with van der Waals surface area (Å²) in [6.45, 7) is 1.31. The summed E-state index contributed by atoms with van der Waals surface area (Å²) in [7, 11) is 0. The number of nitrogens with one attached hydrogen (secondary N) is 1. The molecule has 0 fully saturated rings. The highest BCUT2D eigenvalue weighted by atomic mass is 19.1. The number of hydrogen-bond acceptors (Lipinski definition) is 5. The summed E-state index contributed by atoms with van der Waals surface area (Å²) in [5.74, 6) is -4.55. The predicted octanol–water partition coefficient (Wildman–Crippen LogP) is 0.514. The average Bonchev–Trinajstić information content (AvgIpc) is 3.06. The van der Waals surface area contributed by atoms with Crippen LogP contribution in [0.25, 0.3) is 0 Å². The molecule has 2 aromatic rings. The summed E-state index contributed by atoms with van der Waals surface area (Å²) >= 11 is 0. The van der Waals surface area contributed by atoms with Crippen LogP contribution >= 0.6 is 0 Å². The van der Waals surface area contributed by atoms with Gasteiger partial charge in [-0.2, -0.15) is 0 Å². The molecule has 0 aliphatic carbocycles. The van der Waals surface area contributed by atoms with Crippen molar-refractivity contribution in [1.29, 1.82) is 0 Å². The van der Waals surface area contributed by atoms with Crippen molar-refractivity contribution in [2.24, 2.45) is 11.5 Å². The Hall–Kier alpha value is -3.07. The van der Waals surface area contributed by atoms with E-state index in [1.807, 2.05) is 0 Å². The predicted molar refractivity (Wildman–Crippen MR) is 86.4 cm³/mol. The van der Waals surface area contributed by atoms with Crippen molar-refractivity contribution in [3.63, 3.8) is 0 Å². The number of furan rings is 1. The minimum atomic E-state index is -2.26. The molecule has 0 unspecified atom stereocenters. The molecule has 0 bridgehead atoms. The molecule has 0 saturated carbocycles. The molecule has 1 aromatic carbocycles. The van der Waals surface area contributed by atoms with Gasteiger partial charge >= 0.3 is 0 Å². The molecule has 0 aliphatic heterocycles. The number of amides is 2. The highest BCUT2D eigenvalue weighted by molar-refractivity contribution is 6.12. The summed E-state index contributed by atoms with van der Waals surface area (Å²) in [5, 5.41) is 2.33. The maximum atomic E-state index is 13.2. The maximum Gasteiger partial charge on any atom is 0.253 e. The SMILES string of the molecule is C[C@H](NC(=O)Cc1cc(F)cc(F)c1)C(=O)[C@](N)(C(N)=O)c1ccco1.